The number of allylic oxidation sites excluding steroid dienone is 1. The lowest BCUT2D eigenvalue weighted by Crippen LogP contribution is -2.20. The first-order valence-corrected chi connectivity index (χ1v) is 8.67. The van der Waals surface area contributed by atoms with Crippen LogP contribution in [0, 0.1) is 6.92 Å². The molecule has 0 saturated heterocycles. The number of rotatable bonds is 3. The van der Waals surface area contributed by atoms with Gasteiger partial charge in [-0.25, -0.2) is 4.68 Å². The number of benzene rings is 2. The van der Waals surface area contributed by atoms with Crippen LogP contribution in [-0.2, 0) is 0 Å². The monoisotopic (exact) mass is 330 g/mol. The Morgan fingerprint density at radius 2 is 1.72 bits per heavy atom. The average molecular weight is 330 g/mol. The van der Waals surface area contributed by atoms with E-state index in [2.05, 4.69) is 90.8 Å². The minimum Gasteiger partial charge on any atom is -0.324 e. The van der Waals surface area contributed by atoms with Gasteiger partial charge < -0.3 is 5.32 Å². The molecule has 0 spiro atoms. The molecule has 0 bridgehead atoms. The Morgan fingerprint density at radius 1 is 1.00 bits per heavy atom. The summed E-state index contributed by atoms with van der Waals surface area (Å²) in [5.41, 5.74) is 6.04. The Hall–Kier alpha value is -2.88. The molecule has 25 heavy (non-hydrogen) atoms. The van der Waals surface area contributed by atoms with Gasteiger partial charge in [0.1, 0.15) is 12.4 Å². The van der Waals surface area contributed by atoms with Crippen molar-refractivity contribution in [3.8, 4) is 0 Å². The van der Waals surface area contributed by atoms with Crippen LogP contribution in [0.1, 0.15) is 48.1 Å². The Bertz CT molecular complexity index is 902. The number of anilines is 1. The topological polar surface area (TPSA) is 42.7 Å². The average Bonchev–Trinajstić information content (AvgIpc) is 3.10. The lowest BCUT2D eigenvalue weighted by atomic mass is 9.98. The molecule has 4 nitrogen and oxygen atoms in total. The summed E-state index contributed by atoms with van der Waals surface area (Å²) in [4.78, 5) is 4.37. The maximum absolute atomic E-state index is 4.40. The predicted octanol–water partition coefficient (Wildman–Crippen LogP) is 4.77. The molecule has 1 N–H and O–H groups in total. The third-order valence-corrected chi connectivity index (χ3v) is 4.71. The van der Waals surface area contributed by atoms with Crippen molar-refractivity contribution in [3.63, 3.8) is 0 Å². The molecular formula is C21H22N4. The van der Waals surface area contributed by atoms with E-state index in [9.17, 15) is 0 Å². The molecule has 4 rings (SSSR count). The maximum Gasteiger partial charge on any atom is 0.226 e. The van der Waals surface area contributed by atoms with E-state index in [4.69, 9.17) is 0 Å². The van der Waals surface area contributed by atoms with Crippen LogP contribution in [0.15, 0.2) is 60.9 Å². The van der Waals surface area contributed by atoms with Crippen molar-refractivity contribution < 1.29 is 0 Å². The second kappa shape index (κ2) is 6.20. The van der Waals surface area contributed by atoms with Crippen molar-refractivity contribution in [2.75, 3.05) is 5.32 Å². The molecule has 0 fully saturated rings. The first-order valence-electron chi connectivity index (χ1n) is 8.67. The normalized spacial score (nSPS) is 16.3. The highest BCUT2D eigenvalue weighted by Crippen LogP contribution is 2.32. The van der Waals surface area contributed by atoms with E-state index in [1.165, 1.54) is 16.7 Å². The number of fused-ring (bicyclic) bond motifs is 1. The van der Waals surface area contributed by atoms with Crippen molar-refractivity contribution in [2.24, 2.45) is 0 Å². The number of hydrogen-bond acceptors (Lipinski definition) is 3. The highest BCUT2D eigenvalue weighted by Gasteiger charge is 2.23. The fourth-order valence-electron chi connectivity index (χ4n) is 3.15. The van der Waals surface area contributed by atoms with Gasteiger partial charge >= 0.3 is 0 Å². The zero-order valence-corrected chi connectivity index (χ0v) is 14.8. The Morgan fingerprint density at radius 3 is 2.40 bits per heavy atom. The third-order valence-electron chi connectivity index (χ3n) is 4.71. The minimum atomic E-state index is 0.0409. The van der Waals surface area contributed by atoms with Crippen LogP contribution >= 0.6 is 0 Å². The van der Waals surface area contributed by atoms with E-state index in [0.29, 0.717) is 5.92 Å². The largest absolute Gasteiger partial charge is 0.324 e. The second-order valence-electron chi connectivity index (χ2n) is 6.87. The van der Waals surface area contributed by atoms with Gasteiger partial charge in [-0.2, -0.15) is 10.1 Å². The van der Waals surface area contributed by atoms with E-state index in [-0.39, 0.29) is 6.04 Å². The van der Waals surface area contributed by atoms with Crippen molar-refractivity contribution in [1.29, 1.82) is 0 Å². The summed E-state index contributed by atoms with van der Waals surface area (Å²) in [5.74, 6) is 1.31. The molecule has 1 aliphatic rings. The summed E-state index contributed by atoms with van der Waals surface area (Å²) in [7, 11) is 0. The zero-order valence-electron chi connectivity index (χ0n) is 14.8. The summed E-state index contributed by atoms with van der Waals surface area (Å²) in [5, 5.41) is 7.80. The summed E-state index contributed by atoms with van der Waals surface area (Å²) < 4.78 is 1.93. The molecule has 0 radical (unpaired) electrons. The molecule has 0 unspecified atom stereocenters. The van der Waals surface area contributed by atoms with Crippen LogP contribution in [0.25, 0.3) is 5.70 Å². The molecule has 0 aliphatic carbocycles. The van der Waals surface area contributed by atoms with Crippen LogP contribution in [0.2, 0.25) is 0 Å². The third kappa shape index (κ3) is 2.95. The smallest absolute Gasteiger partial charge is 0.226 e. The highest BCUT2D eigenvalue weighted by molar-refractivity contribution is 5.77. The molecule has 1 aliphatic heterocycles. The lowest BCUT2D eigenvalue weighted by Gasteiger charge is -2.24. The van der Waals surface area contributed by atoms with E-state index >= 15 is 0 Å². The van der Waals surface area contributed by atoms with E-state index in [1.54, 1.807) is 6.33 Å². The highest BCUT2D eigenvalue weighted by atomic mass is 15.4. The fraction of sp³-hybridized carbons (Fsp3) is 0.238. The Balaban J connectivity index is 1.74. The SMILES string of the molecule is Cc1ccc([C@@H]2C=C(c3ccc(C(C)C)cc3)Nc3ncnn32)cc1. The molecular weight excluding hydrogens is 308 g/mol. The van der Waals surface area contributed by atoms with Gasteiger partial charge in [-0.3, -0.25) is 0 Å². The zero-order chi connectivity index (χ0) is 17.4. The minimum absolute atomic E-state index is 0.0409. The maximum atomic E-state index is 4.40. The molecule has 2 heterocycles. The molecule has 126 valence electrons. The molecule has 4 heteroatoms. The van der Waals surface area contributed by atoms with Gasteiger partial charge in [0.05, 0.1) is 0 Å². The van der Waals surface area contributed by atoms with E-state index < -0.39 is 0 Å². The van der Waals surface area contributed by atoms with Gasteiger partial charge in [-0.05, 0) is 35.6 Å². The van der Waals surface area contributed by atoms with Gasteiger partial charge in [0.2, 0.25) is 5.95 Å². The quantitative estimate of drug-likeness (QED) is 0.752. The number of nitrogens with zero attached hydrogens (tertiary/aromatic N) is 3. The second-order valence-corrected chi connectivity index (χ2v) is 6.87. The summed E-state index contributed by atoms with van der Waals surface area (Å²) in [6, 6.07) is 17.4. The van der Waals surface area contributed by atoms with Gasteiger partial charge in [0.15, 0.2) is 0 Å². The van der Waals surface area contributed by atoms with Gasteiger partial charge in [0.25, 0.3) is 0 Å². The van der Waals surface area contributed by atoms with E-state index in [0.717, 1.165) is 17.2 Å². The van der Waals surface area contributed by atoms with Crippen LogP contribution in [0.4, 0.5) is 5.95 Å². The lowest BCUT2D eigenvalue weighted by molar-refractivity contribution is 0.612. The first-order chi connectivity index (χ1) is 12.1. The summed E-state index contributed by atoms with van der Waals surface area (Å²) in [6.45, 7) is 6.52. The molecule has 3 aromatic rings. The fourth-order valence-corrected chi connectivity index (χ4v) is 3.15. The summed E-state index contributed by atoms with van der Waals surface area (Å²) in [6.07, 6.45) is 3.82. The van der Waals surface area contributed by atoms with Crippen LogP contribution in [-0.4, -0.2) is 14.8 Å². The van der Waals surface area contributed by atoms with Crippen molar-refractivity contribution in [2.45, 2.75) is 32.7 Å². The van der Waals surface area contributed by atoms with Gasteiger partial charge in [-0.1, -0.05) is 67.9 Å². The van der Waals surface area contributed by atoms with Gasteiger partial charge in [0, 0.05) is 5.70 Å². The van der Waals surface area contributed by atoms with Crippen molar-refractivity contribution in [1.82, 2.24) is 14.8 Å². The van der Waals surface area contributed by atoms with Crippen LogP contribution < -0.4 is 5.32 Å². The molecule has 0 amide bonds. The number of nitrogens with one attached hydrogen (secondary N) is 1. The first kappa shape index (κ1) is 15.6. The van der Waals surface area contributed by atoms with Crippen LogP contribution in [0.5, 0.6) is 0 Å². The molecule has 1 aromatic heterocycles. The number of aryl methyl sites for hydroxylation is 1. The van der Waals surface area contributed by atoms with Gasteiger partial charge in [-0.15, -0.1) is 0 Å². The summed E-state index contributed by atoms with van der Waals surface area (Å²) >= 11 is 0. The van der Waals surface area contributed by atoms with Crippen molar-refractivity contribution in [3.05, 3.63) is 83.2 Å². The van der Waals surface area contributed by atoms with Crippen LogP contribution in [0.3, 0.4) is 0 Å². The molecule has 0 saturated carbocycles. The molecule has 1 atom stereocenters. The molecule has 2 aromatic carbocycles. The van der Waals surface area contributed by atoms with Crippen molar-refractivity contribution >= 4 is 11.6 Å². The Kier molecular flexibility index (Phi) is 3.88. The number of aromatic nitrogens is 3. The number of hydrogen-bond donors (Lipinski definition) is 1. The van der Waals surface area contributed by atoms with E-state index in [1.807, 2.05) is 4.68 Å². The standard InChI is InChI=1S/C21H22N4/c1-14(2)16-8-10-17(11-9-16)19-12-20(18-6-4-15(3)5-7-18)25-21(24-19)22-13-23-25/h4-14,20H,1-3H3,(H,22,23,24)/t20-/m0/s1. The predicted molar refractivity (Wildman–Crippen MR) is 101 cm³/mol. The Labute approximate surface area is 148 Å².